The summed E-state index contributed by atoms with van der Waals surface area (Å²) in [6.07, 6.45) is 0.840. The second kappa shape index (κ2) is 7.02. The third-order valence-corrected chi connectivity index (χ3v) is 6.23. The van der Waals surface area contributed by atoms with E-state index in [1.165, 1.54) is 0 Å². The lowest BCUT2D eigenvalue weighted by atomic mass is 9.85. The highest BCUT2D eigenvalue weighted by Crippen LogP contribution is 2.35. The van der Waals surface area contributed by atoms with E-state index in [1.54, 1.807) is 9.80 Å². The van der Waals surface area contributed by atoms with Crippen molar-refractivity contribution in [2.24, 2.45) is 0 Å². The number of hydrogen-bond acceptors (Lipinski definition) is 3. The maximum atomic E-state index is 13.0. The van der Waals surface area contributed by atoms with Crippen molar-refractivity contribution in [2.45, 2.75) is 24.9 Å². The molecule has 0 saturated carbocycles. The zero-order chi connectivity index (χ0) is 20.7. The van der Waals surface area contributed by atoms with Gasteiger partial charge in [-0.3, -0.25) is 14.9 Å². The Kier molecular flexibility index (Phi) is 4.31. The van der Waals surface area contributed by atoms with Gasteiger partial charge in [0.05, 0.1) is 0 Å². The topological polar surface area (TPSA) is 85.5 Å². The number of nitrogens with one attached hydrogen (secondary N) is 2. The molecule has 3 heterocycles. The zero-order valence-corrected chi connectivity index (χ0v) is 16.4. The number of hydrogen-bond donors (Lipinski definition) is 2. The summed E-state index contributed by atoms with van der Waals surface area (Å²) in [7, 11) is 0. The van der Waals surface area contributed by atoms with Crippen LogP contribution in [0.5, 0.6) is 0 Å². The average Bonchev–Trinajstić information content (AvgIpc) is 3.30. The number of rotatable bonds is 3. The monoisotopic (exact) mass is 402 g/mol. The fourth-order valence-corrected chi connectivity index (χ4v) is 4.52. The van der Waals surface area contributed by atoms with E-state index >= 15 is 0 Å². The fraction of sp³-hybridized carbons (Fsp3) is 0.261. The smallest absolute Gasteiger partial charge is 0.325 e. The summed E-state index contributed by atoms with van der Waals surface area (Å²) in [6.45, 7) is 1.20. The van der Waals surface area contributed by atoms with Gasteiger partial charge in [-0.15, -0.1) is 0 Å². The van der Waals surface area contributed by atoms with Crippen molar-refractivity contribution >= 4 is 28.7 Å². The van der Waals surface area contributed by atoms with Crippen LogP contribution in [0, 0.1) is 0 Å². The summed E-state index contributed by atoms with van der Waals surface area (Å²) >= 11 is 0. The number of aromatic amines is 1. The highest BCUT2D eigenvalue weighted by molar-refractivity contribution is 6.07. The first-order valence-corrected chi connectivity index (χ1v) is 10.1. The van der Waals surface area contributed by atoms with Crippen molar-refractivity contribution in [1.82, 2.24) is 20.1 Å². The van der Waals surface area contributed by atoms with Crippen LogP contribution in [0.4, 0.5) is 4.79 Å². The summed E-state index contributed by atoms with van der Waals surface area (Å²) in [6, 6.07) is 18.9. The number of aromatic nitrogens is 1. The van der Waals surface area contributed by atoms with Gasteiger partial charge in [-0.2, -0.15) is 0 Å². The van der Waals surface area contributed by atoms with Crippen LogP contribution in [-0.4, -0.2) is 51.3 Å². The Hall–Kier alpha value is -3.61. The molecule has 0 aliphatic carbocycles. The van der Waals surface area contributed by atoms with Crippen molar-refractivity contribution < 1.29 is 14.4 Å². The first-order valence-electron chi connectivity index (χ1n) is 10.1. The van der Waals surface area contributed by atoms with Gasteiger partial charge in [0.2, 0.25) is 0 Å². The first-order chi connectivity index (χ1) is 14.6. The highest BCUT2D eigenvalue weighted by atomic mass is 16.2. The lowest BCUT2D eigenvalue weighted by molar-refractivity contribution is -0.129. The van der Waals surface area contributed by atoms with Crippen molar-refractivity contribution in [3.05, 3.63) is 71.9 Å². The maximum Gasteiger partial charge on any atom is 0.325 e. The van der Waals surface area contributed by atoms with Crippen LogP contribution in [-0.2, 0) is 11.3 Å². The molecular formula is C23H22N4O3. The van der Waals surface area contributed by atoms with Gasteiger partial charge in [0.15, 0.2) is 0 Å². The molecule has 2 saturated heterocycles. The molecule has 7 heteroatoms. The molecule has 5 rings (SSSR count). The maximum absolute atomic E-state index is 13.0. The van der Waals surface area contributed by atoms with Gasteiger partial charge in [0.1, 0.15) is 11.2 Å². The Balaban J connectivity index is 1.34. The van der Waals surface area contributed by atoms with Gasteiger partial charge in [0.25, 0.3) is 11.8 Å². The molecule has 7 nitrogen and oxygen atoms in total. The summed E-state index contributed by atoms with van der Waals surface area (Å²) in [5, 5.41) is 3.47. The lowest BCUT2D eigenvalue weighted by Crippen LogP contribution is -2.57. The number of nitrogens with zero attached hydrogens (tertiary/aromatic N) is 2. The Bertz CT molecular complexity index is 1100. The molecule has 4 amide bonds. The van der Waals surface area contributed by atoms with E-state index in [0.717, 1.165) is 16.5 Å². The Morgan fingerprint density at radius 2 is 1.67 bits per heavy atom. The summed E-state index contributed by atoms with van der Waals surface area (Å²) in [5.41, 5.74) is 1.53. The number of piperidine rings is 1. The quantitative estimate of drug-likeness (QED) is 0.661. The molecule has 152 valence electrons. The summed E-state index contributed by atoms with van der Waals surface area (Å²) < 4.78 is 0. The van der Waals surface area contributed by atoms with Gasteiger partial charge in [0, 0.05) is 30.5 Å². The summed E-state index contributed by atoms with van der Waals surface area (Å²) in [5.74, 6) is -0.346. The van der Waals surface area contributed by atoms with Gasteiger partial charge in [-0.25, -0.2) is 4.79 Å². The third kappa shape index (κ3) is 2.94. The predicted molar refractivity (Wildman–Crippen MR) is 112 cm³/mol. The number of likely N-dealkylation sites (tertiary alicyclic amines) is 1. The van der Waals surface area contributed by atoms with Crippen molar-refractivity contribution in [3.63, 3.8) is 0 Å². The molecule has 2 aromatic carbocycles. The van der Waals surface area contributed by atoms with E-state index in [0.29, 0.717) is 38.2 Å². The van der Waals surface area contributed by atoms with Crippen LogP contribution in [0.25, 0.3) is 10.9 Å². The number of amides is 4. The summed E-state index contributed by atoms with van der Waals surface area (Å²) in [4.78, 5) is 44.8. The van der Waals surface area contributed by atoms with Crippen molar-refractivity contribution in [1.29, 1.82) is 0 Å². The van der Waals surface area contributed by atoms with Crippen LogP contribution in [0.3, 0.4) is 0 Å². The zero-order valence-electron chi connectivity index (χ0n) is 16.4. The lowest BCUT2D eigenvalue weighted by Gasteiger charge is -2.42. The van der Waals surface area contributed by atoms with E-state index in [1.807, 2.05) is 60.7 Å². The minimum absolute atomic E-state index is 0.0830. The molecule has 2 aliphatic rings. The predicted octanol–water partition coefficient (Wildman–Crippen LogP) is 2.89. The number of carbonyl (C=O) groups is 3. The molecule has 1 aromatic heterocycles. The molecule has 30 heavy (non-hydrogen) atoms. The normalized spacial score (nSPS) is 18.3. The number of benzene rings is 2. The van der Waals surface area contributed by atoms with Crippen LogP contribution in [0.15, 0.2) is 60.7 Å². The molecule has 3 aromatic rings. The highest BCUT2D eigenvalue weighted by Gasteiger charge is 2.54. The number of urea groups is 1. The number of imide groups is 1. The molecule has 2 aliphatic heterocycles. The first kappa shape index (κ1) is 18.4. The van der Waals surface area contributed by atoms with Crippen LogP contribution >= 0.6 is 0 Å². The van der Waals surface area contributed by atoms with E-state index in [4.69, 9.17) is 0 Å². The van der Waals surface area contributed by atoms with E-state index < -0.39 is 5.54 Å². The number of fused-ring (bicyclic) bond motifs is 1. The SMILES string of the molecule is O=C(c1cc2ccccc2[nH]1)N1CCC2(CC1)C(=O)NC(=O)N2Cc1ccccc1. The Morgan fingerprint density at radius 3 is 2.40 bits per heavy atom. The van der Waals surface area contributed by atoms with Crippen LogP contribution < -0.4 is 5.32 Å². The van der Waals surface area contributed by atoms with Crippen molar-refractivity contribution in [2.75, 3.05) is 13.1 Å². The minimum Gasteiger partial charge on any atom is -0.351 e. The molecule has 2 fully saturated rings. The van der Waals surface area contributed by atoms with Crippen molar-refractivity contribution in [3.8, 4) is 0 Å². The number of carbonyl (C=O) groups excluding carboxylic acids is 3. The van der Waals surface area contributed by atoms with Crippen LogP contribution in [0.2, 0.25) is 0 Å². The molecule has 0 bridgehead atoms. The second-order valence-corrected chi connectivity index (χ2v) is 7.93. The molecule has 0 radical (unpaired) electrons. The molecule has 0 unspecified atom stereocenters. The molecule has 0 atom stereocenters. The molecule has 1 spiro atoms. The van der Waals surface area contributed by atoms with Gasteiger partial charge in [-0.1, -0.05) is 48.5 Å². The largest absolute Gasteiger partial charge is 0.351 e. The molecule has 2 N–H and O–H groups in total. The minimum atomic E-state index is -0.899. The Morgan fingerprint density at radius 1 is 0.967 bits per heavy atom. The van der Waals surface area contributed by atoms with E-state index in [2.05, 4.69) is 10.3 Å². The van der Waals surface area contributed by atoms with E-state index in [-0.39, 0.29) is 17.8 Å². The second-order valence-electron chi connectivity index (χ2n) is 7.93. The van der Waals surface area contributed by atoms with Gasteiger partial charge < -0.3 is 14.8 Å². The standard InChI is InChI=1S/C23H22N4O3/c28-20(19-14-17-8-4-5-9-18(17)24-19)26-12-10-23(11-13-26)21(29)25-22(30)27(23)15-16-6-2-1-3-7-16/h1-9,14,24H,10-13,15H2,(H,25,29,30). The number of para-hydroxylation sites is 1. The fourth-order valence-electron chi connectivity index (χ4n) is 4.52. The Labute approximate surface area is 173 Å². The third-order valence-electron chi connectivity index (χ3n) is 6.23. The van der Waals surface area contributed by atoms with E-state index in [9.17, 15) is 14.4 Å². The van der Waals surface area contributed by atoms with Crippen LogP contribution in [0.1, 0.15) is 28.9 Å². The van der Waals surface area contributed by atoms with Gasteiger partial charge >= 0.3 is 6.03 Å². The number of H-pyrrole nitrogens is 1. The van der Waals surface area contributed by atoms with Gasteiger partial charge in [-0.05, 0) is 30.5 Å². The molecular weight excluding hydrogens is 380 g/mol. The average molecular weight is 402 g/mol.